The zero-order valence-electron chi connectivity index (χ0n) is 11.0. The fourth-order valence-electron chi connectivity index (χ4n) is 2.80. The van der Waals surface area contributed by atoms with Crippen LogP contribution in [0.5, 0.6) is 0 Å². The zero-order valence-corrected chi connectivity index (χ0v) is 12.5. The van der Waals surface area contributed by atoms with Crippen molar-refractivity contribution < 1.29 is 5.11 Å². The van der Waals surface area contributed by atoms with E-state index in [-0.39, 0.29) is 6.10 Å². The van der Waals surface area contributed by atoms with Gasteiger partial charge >= 0.3 is 0 Å². The second-order valence-electron chi connectivity index (χ2n) is 5.42. The molecule has 1 nitrogen and oxygen atoms in total. The Morgan fingerprint density at radius 1 is 1.10 bits per heavy atom. The molecule has 0 aliphatic heterocycles. The first-order valence-electron chi connectivity index (χ1n) is 6.82. The molecule has 0 saturated heterocycles. The summed E-state index contributed by atoms with van der Waals surface area (Å²) in [4.78, 5) is 0. The van der Waals surface area contributed by atoms with E-state index in [1.54, 1.807) is 12.1 Å². The second kappa shape index (κ2) is 5.77. The standard InChI is InChI=1S/C17H16Cl2O/c18-13-6-7-16(19)12(8-13)9-17(20)15-10-14(15)11-4-2-1-3-5-11/h1-8,14-15,17,20H,9-10H2. The average Bonchev–Trinajstić information content (AvgIpc) is 3.24. The lowest BCUT2D eigenvalue weighted by Gasteiger charge is -2.12. The van der Waals surface area contributed by atoms with Gasteiger partial charge in [0.25, 0.3) is 0 Å². The number of hydrogen-bond acceptors (Lipinski definition) is 1. The van der Waals surface area contributed by atoms with Crippen LogP contribution in [0.1, 0.15) is 23.5 Å². The molecule has 2 aromatic carbocycles. The van der Waals surface area contributed by atoms with Gasteiger partial charge in [-0.2, -0.15) is 0 Å². The molecule has 0 bridgehead atoms. The van der Waals surface area contributed by atoms with Crippen molar-refractivity contribution in [2.24, 2.45) is 5.92 Å². The Morgan fingerprint density at radius 3 is 2.60 bits per heavy atom. The molecule has 1 aliphatic rings. The van der Waals surface area contributed by atoms with Gasteiger partial charge in [-0.15, -0.1) is 0 Å². The van der Waals surface area contributed by atoms with Crippen LogP contribution >= 0.6 is 23.2 Å². The Hall–Kier alpha value is -1.02. The van der Waals surface area contributed by atoms with Gasteiger partial charge in [0.05, 0.1) is 6.10 Å². The number of aliphatic hydroxyl groups is 1. The first-order valence-corrected chi connectivity index (χ1v) is 7.57. The van der Waals surface area contributed by atoms with Crippen molar-refractivity contribution in [2.75, 3.05) is 0 Å². The van der Waals surface area contributed by atoms with E-state index in [0.717, 1.165) is 12.0 Å². The van der Waals surface area contributed by atoms with Crippen LogP contribution in [0.15, 0.2) is 48.5 Å². The summed E-state index contributed by atoms with van der Waals surface area (Å²) in [6.07, 6.45) is 1.24. The maximum atomic E-state index is 10.4. The van der Waals surface area contributed by atoms with E-state index in [1.807, 2.05) is 24.3 Å². The van der Waals surface area contributed by atoms with Gasteiger partial charge in [0, 0.05) is 16.5 Å². The molecule has 0 heterocycles. The highest BCUT2D eigenvalue weighted by Gasteiger charge is 2.43. The third-order valence-corrected chi connectivity index (χ3v) is 4.60. The van der Waals surface area contributed by atoms with Gasteiger partial charge in [0.2, 0.25) is 0 Å². The van der Waals surface area contributed by atoms with E-state index in [9.17, 15) is 5.11 Å². The fourth-order valence-corrected chi connectivity index (χ4v) is 3.19. The van der Waals surface area contributed by atoms with E-state index >= 15 is 0 Å². The molecule has 20 heavy (non-hydrogen) atoms. The van der Waals surface area contributed by atoms with Crippen molar-refractivity contribution >= 4 is 23.2 Å². The molecular weight excluding hydrogens is 291 g/mol. The first-order chi connectivity index (χ1) is 9.65. The van der Waals surface area contributed by atoms with Gasteiger partial charge in [-0.3, -0.25) is 0 Å². The summed E-state index contributed by atoms with van der Waals surface area (Å²) in [5.41, 5.74) is 2.24. The molecule has 0 amide bonds. The Labute approximate surface area is 129 Å². The third-order valence-electron chi connectivity index (χ3n) is 4.00. The lowest BCUT2D eigenvalue weighted by molar-refractivity contribution is 0.149. The molecule has 3 rings (SSSR count). The molecule has 3 unspecified atom stereocenters. The Morgan fingerprint density at radius 2 is 1.85 bits per heavy atom. The minimum absolute atomic E-state index is 0.326. The number of benzene rings is 2. The smallest absolute Gasteiger partial charge is 0.0615 e. The van der Waals surface area contributed by atoms with Gasteiger partial charge in [0.1, 0.15) is 0 Å². The van der Waals surface area contributed by atoms with Crippen LogP contribution in [-0.2, 0) is 6.42 Å². The largest absolute Gasteiger partial charge is 0.392 e. The molecular formula is C17H16Cl2O. The predicted octanol–water partition coefficient (Wildman–Crippen LogP) is 4.70. The molecule has 0 radical (unpaired) electrons. The van der Waals surface area contributed by atoms with Crippen molar-refractivity contribution in [1.82, 2.24) is 0 Å². The summed E-state index contributed by atoms with van der Waals surface area (Å²) in [5.74, 6) is 0.802. The number of rotatable bonds is 4. The zero-order chi connectivity index (χ0) is 14.1. The van der Waals surface area contributed by atoms with Crippen LogP contribution in [0.4, 0.5) is 0 Å². The molecule has 1 aliphatic carbocycles. The van der Waals surface area contributed by atoms with Crippen LogP contribution in [0.2, 0.25) is 10.0 Å². The fraction of sp³-hybridized carbons (Fsp3) is 0.294. The monoisotopic (exact) mass is 306 g/mol. The van der Waals surface area contributed by atoms with Crippen molar-refractivity contribution in [1.29, 1.82) is 0 Å². The second-order valence-corrected chi connectivity index (χ2v) is 6.27. The summed E-state index contributed by atoms with van der Waals surface area (Å²) in [7, 11) is 0. The predicted molar refractivity (Wildman–Crippen MR) is 83.5 cm³/mol. The van der Waals surface area contributed by atoms with E-state index < -0.39 is 0 Å². The molecule has 3 atom stereocenters. The van der Waals surface area contributed by atoms with Crippen LogP contribution in [0.25, 0.3) is 0 Å². The highest BCUT2D eigenvalue weighted by Crippen LogP contribution is 2.50. The minimum Gasteiger partial charge on any atom is -0.392 e. The lowest BCUT2D eigenvalue weighted by atomic mass is 10.0. The summed E-state index contributed by atoms with van der Waals surface area (Å²) in [6.45, 7) is 0. The summed E-state index contributed by atoms with van der Waals surface area (Å²) < 4.78 is 0. The highest BCUT2D eigenvalue weighted by atomic mass is 35.5. The summed E-state index contributed by atoms with van der Waals surface area (Å²) in [6, 6.07) is 15.8. The normalized spacial score (nSPS) is 22.6. The van der Waals surface area contributed by atoms with Crippen LogP contribution in [0, 0.1) is 5.92 Å². The van der Waals surface area contributed by atoms with Crippen LogP contribution in [0.3, 0.4) is 0 Å². The Kier molecular flexibility index (Phi) is 4.02. The maximum Gasteiger partial charge on any atom is 0.0615 e. The minimum atomic E-state index is -0.365. The number of aliphatic hydroxyl groups excluding tert-OH is 1. The molecule has 3 heteroatoms. The maximum absolute atomic E-state index is 10.4. The third kappa shape index (κ3) is 3.01. The van der Waals surface area contributed by atoms with Gasteiger partial charge in [-0.25, -0.2) is 0 Å². The molecule has 0 spiro atoms. The summed E-state index contributed by atoms with van der Waals surface area (Å²) in [5, 5.41) is 11.7. The Balaban J connectivity index is 1.67. The SMILES string of the molecule is OC(Cc1cc(Cl)ccc1Cl)C1CC1c1ccccc1. The van der Waals surface area contributed by atoms with E-state index in [4.69, 9.17) is 23.2 Å². The first kappa shape index (κ1) is 13.9. The van der Waals surface area contributed by atoms with Crippen LogP contribution < -0.4 is 0 Å². The molecule has 1 saturated carbocycles. The molecule has 0 aromatic heterocycles. The van der Waals surface area contributed by atoms with Crippen molar-refractivity contribution in [2.45, 2.75) is 24.9 Å². The molecule has 1 fully saturated rings. The van der Waals surface area contributed by atoms with E-state index in [0.29, 0.717) is 28.3 Å². The van der Waals surface area contributed by atoms with Crippen LogP contribution in [-0.4, -0.2) is 11.2 Å². The van der Waals surface area contributed by atoms with E-state index in [1.165, 1.54) is 5.56 Å². The quantitative estimate of drug-likeness (QED) is 0.868. The average molecular weight is 307 g/mol. The van der Waals surface area contributed by atoms with E-state index in [2.05, 4.69) is 12.1 Å². The topological polar surface area (TPSA) is 20.2 Å². The van der Waals surface area contributed by atoms with Crippen molar-refractivity contribution in [3.63, 3.8) is 0 Å². The Bertz CT molecular complexity index is 597. The van der Waals surface area contributed by atoms with Crippen molar-refractivity contribution in [3.8, 4) is 0 Å². The van der Waals surface area contributed by atoms with Gasteiger partial charge in [-0.1, -0.05) is 53.5 Å². The van der Waals surface area contributed by atoms with Gasteiger partial charge in [0.15, 0.2) is 0 Å². The highest BCUT2D eigenvalue weighted by molar-refractivity contribution is 6.33. The molecule has 104 valence electrons. The molecule has 2 aromatic rings. The van der Waals surface area contributed by atoms with Gasteiger partial charge < -0.3 is 5.11 Å². The number of hydrogen-bond donors (Lipinski definition) is 1. The summed E-state index contributed by atoms with van der Waals surface area (Å²) >= 11 is 12.1. The molecule has 1 N–H and O–H groups in total. The number of halogens is 2. The van der Waals surface area contributed by atoms with Gasteiger partial charge in [-0.05, 0) is 47.6 Å². The lowest BCUT2D eigenvalue weighted by Crippen LogP contribution is -2.14. The van der Waals surface area contributed by atoms with Crippen molar-refractivity contribution in [3.05, 3.63) is 69.7 Å².